The molecule has 2 aromatic rings. The van der Waals surface area contributed by atoms with Crippen molar-refractivity contribution in [1.29, 1.82) is 0 Å². The second-order valence-corrected chi connectivity index (χ2v) is 10.3. The Labute approximate surface area is 185 Å². The molecule has 2 fully saturated rings. The van der Waals surface area contributed by atoms with E-state index in [1.165, 1.54) is 12.1 Å². The number of sulfonamides is 1. The number of piperidine rings is 1. The lowest BCUT2D eigenvalue weighted by Crippen LogP contribution is -2.44. The fraction of sp³-hybridized carbons (Fsp3) is 0.435. The summed E-state index contributed by atoms with van der Waals surface area (Å²) in [4.78, 5) is 12.2. The molecule has 1 N–H and O–H groups in total. The van der Waals surface area contributed by atoms with Crippen molar-refractivity contribution in [3.8, 4) is 0 Å². The minimum Gasteiger partial charge on any atom is -0.349 e. The van der Waals surface area contributed by atoms with Gasteiger partial charge in [0.25, 0.3) is 0 Å². The van der Waals surface area contributed by atoms with E-state index in [1.807, 2.05) is 30.3 Å². The van der Waals surface area contributed by atoms with Crippen LogP contribution in [0, 0.1) is 11.8 Å². The van der Waals surface area contributed by atoms with Crippen LogP contribution < -0.4 is 5.32 Å². The molecule has 2 aliphatic rings. The highest BCUT2D eigenvalue weighted by molar-refractivity contribution is 7.89. The summed E-state index contributed by atoms with van der Waals surface area (Å²) in [5.74, 6) is -0.0940. The molecule has 1 saturated heterocycles. The van der Waals surface area contributed by atoms with E-state index in [4.69, 9.17) is 0 Å². The second-order valence-electron chi connectivity index (χ2n) is 8.41. The van der Waals surface area contributed by atoms with E-state index >= 15 is 0 Å². The smallest absolute Gasteiger partial charge is 0.349 e. The Morgan fingerprint density at radius 2 is 1.53 bits per heavy atom. The molecule has 0 unspecified atom stereocenters. The van der Waals surface area contributed by atoms with Crippen LogP contribution in [0.4, 0.5) is 13.2 Å². The summed E-state index contributed by atoms with van der Waals surface area (Å²) >= 11 is 0. The molecular formula is C23H25F3N2O3S. The van der Waals surface area contributed by atoms with Crippen molar-refractivity contribution in [3.05, 3.63) is 65.7 Å². The molecule has 1 aliphatic heterocycles. The van der Waals surface area contributed by atoms with E-state index in [-0.39, 0.29) is 43.8 Å². The maximum Gasteiger partial charge on any atom is 0.417 e. The van der Waals surface area contributed by atoms with Crippen LogP contribution >= 0.6 is 0 Å². The first kappa shape index (κ1) is 22.8. The molecule has 0 aromatic heterocycles. The molecule has 1 aliphatic carbocycles. The first-order valence-corrected chi connectivity index (χ1v) is 12.1. The highest BCUT2D eigenvalue weighted by atomic mass is 32.2. The molecule has 4 rings (SSSR count). The van der Waals surface area contributed by atoms with Crippen LogP contribution in [0.1, 0.15) is 42.9 Å². The molecule has 32 heavy (non-hydrogen) atoms. The SMILES string of the molecule is O=C(N[C@@H](c1ccccc1)C1CC1)C1CCN(S(=O)(=O)c2ccccc2C(F)(F)F)CC1. The minimum absolute atomic E-state index is 0.00600. The Morgan fingerprint density at radius 1 is 0.938 bits per heavy atom. The molecule has 1 atom stereocenters. The van der Waals surface area contributed by atoms with Crippen molar-refractivity contribution in [3.63, 3.8) is 0 Å². The summed E-state index contributed by atoms with van der Waals surface area (Å²) in [5.41, 5.74) is -0.123. The number of nitrogens with one attached hydrogen (secondary N) is 1. The van der Waals surface area contributed by atoms with Gasteiger partial charge in [-0.1, -0.05) is 42.5 Å². The Bertz CT molecular complexity index is 1060. The number of benzene rings is 2. The van der Waals surface area contributed by atoms with Gasteiger partial charge in [0.05, 0.1) is 16.5 Å². The van der Waals surface area contributed by atoms with Gasteiger partial charge in [-0.3, -0.25) is 4.79 Å². The van der Waals surface area contributed by atoms with Gasteiger partial charge in [0, 0.05) is 19.0 Å². The van der Waals surface area contributed by atoms with E-state index in [0.29, 0.717) is 5.92 Å². The van der Waals surface area contributed by atoms with Crippen molar-refractivity contribution < 1.29 is 26.4 Å². The van der Waals surface area contributed by atoms with Gasteiger partial charge in [-0.2, -0.15) is 17.5 Å². The fourth-order valence-electron chi connectivity index (χ4n) is 4.26. The van der Waals surface area contributed by atoms with E-state index in [1.54, 1.807) is 0 Å². The zero-order chi connectivity index (χ0) is 22.9. The third-order valence-corrected chi connectivity index (χ3v) is 8.14. The standard InChI is InChI=1S/C23H25F3N2O3S/c24-23(25,26)19-8-4-5-9-20(19)32(30,31)28-14-12-18(13-15-28)22(29)27-21(17-10-11-17)16-6-2-1-3-7-16/h1-9,17-18,21H,10-15H2,(H,27,29)/t21-/m0/s1. The van der Waals surface area contributed by atoms with Gasteiger partial charge in [0.1, 0.15) is 0 Å². The number of hydrogen-bond acceptors (Lipinski definition) is 3. The van der Waals surface area contributed by atoms with E-state index in [9.17, 15) is 26.4 Å². The predicted molar refractivity (Wildman–Crippen MR) is 113 cm³/mol. The normalized spacial score (nSPS) is 19.5. The number of alkyl halides is 3. The second kappa shape index (κ2) is 8.86. The lowest BCUT2D eigenvalue weighted by molar-refractivity contribution is -0.139. The van der Waals surface area contributed by atoms with Gasteiger partial charge in [-0.05, 0) is 49.3 Å². The minimum atomic E-state index is -4.77. The fourth-order valence-corrected chi connectivity index (χ4v) is 5.94. The summed E-state index contributed by atoms with van der Waals surface area (Å²) in [6.07, 6.45) is -2.13. The third-order valence-electron chi connectivity index (χ3n) is 6.18. The molecule has 0 spiro atoms. The highest BCUT2D eigenvalue weighted by Crippen LogP contribution is 2.41. The van der Waals surface area contributed by atoms with Gasteiger partial charge in [-0.25, -0.2) is 8.42 Å². The number of hydrogen-bond donors (Lipinski definition) is 1. The van der Waals surface area contributed by atoms with Crippen LogP contribution in [-0.4, -0.2) is 31.7 Å². The van der Waals surface area contributed by atoms with Gasteiger partial charge in [-0.15, -0.1) is 0 Å². The summed E-state index contributed by atoms with van der Waals surface area (Å²) in [7, 11) is -4.31. The van der Waals surface area contributed by atoms with Gasteiger partial charge in [0.15, 0.2) is 0 Å². The molecule has 1 heterocycles. The summed E-state index contributed by atoms with van der Waals surface area (Å²) in [5, 5.41) is 3.12. The summed E-state index contributed by atoms with van der Waals surface area (Å²) < 4.78 is 66.8. The molecule has 9 heteroatoms. The van der Waals surface area contributed by atoms with Crippen LogP contribution in [0.3, 0.4) is 0 Å². The van der Waals surface area contributed by atoms with Crippen LogP contribution in [0.15, 0.2) is 59.5 Å². The van der Waals surface area contributed by atoms with Crippen LogP contribution in [0.25, 0.3) is 0 Å². The van der Waals surface area contributed by atoms with E-state index < -0.39 is 26.7 Å². The van der Waals surface area contributed by atoms with Crippen molar-refractivity contribution >= 4 is 15.9 Å². The highest BCUT2D eigenvalue weighted by Gasteiger charge is 2.41. The molecule has 172 valence electrons. The summed E-state index contributed by atoms with van der Waals surface area (Å²) in [6.45, 7) is 0.0120. The lowest BCUT2D eigenvalue weighted by atomic mass is 9.95. The number of carbonyl (C=O) groups is 1. The van der Waals surface area contributed by atoms with E-state index in [0.717, 1.165) is 34.8 Å². The average molecular weight is 467 g/mol. The molecule has 0 radical (unpaired) electrons. The maximum atomic E-state index is 13.3. The molecule has 2 aromatic carbocycles. The van der Waals surface area contributed by atoms with Crippen molar-refractivity contribution in [2.75, 3.05) is 13.1 Å². The Hall–Kier alpha value is -2.39. The van der Waals surface area contributed by atoms with Crippen LogP contribution in [-0.2, 0) is 21.0 Å². The monoisotopic (exact) mass is 466 g/mol. The Kier molecular flexibility index (Phi) is 6.31. The first-order valence-electron chi connectivity index (χ1n) is 10.7. The number of amides is 1. The quantitative estimate of drug-likeness (QED) is 0.688. The zero-order valence-corrected chi connectivity index (χ0v) is 18.2. The van der Waals surface area contributed by atoms with E-state index in [2.05, 4.69) is 5.32 Å². The van der Waals surface area contributed by atoms with Crippen LogP contribution in [0.5, 0.6) is 0 Å². The number of rotatable bonds is 6. The average Bonchev–Trinajstić information content (AvgIpc) is 3.63. The maximum absolute atomic E-state index is 13.3. The molecule has 5 nitrogen and oxygen atoms in total. The molecule has 1 amide bonds. The Balaban J connectivity index is 1.42. The summed E-state index contributed by atoms with van der Waals surface area (Å²) in [6, 6.07) is 13.9. The zero-order valence-electron chi connectivity index (χ0n) is 17.4. The largest absolute Gasteiger partial charge is 0.417 e. The van der Waals surface area contributed by atoms with Crippen molar-refractivity contribution in [1.82, 2.24) is 9.62 Å². The van der Waals surface area contributed by atoms with Crippen LogP contribution in [0.2, 0.25) is 0 Å². The van der Waals surface area contributed by atoms with Gasteiger partial charge in [0.2, 0.25) is 15.9 Å². The molecule has 0 bridgehead atoms. The predicted octanol–water partition coefficient (Wildman–Crippen LogP) is 4.37. The molecular weight excluding hydrogens is 441 g/mol. The number of nitrogens with zero attached hydrogens (tertiary/aromatic N) is 1. The first-order chi connectivity index (χ1) is 15.2. The number of halogens is 3. The van der Waals surface area contributed by atoms with Crippen molar-refractivity contribution in [2.45, 2.75) is 42.8 Å². The number of carbonyl (C=O) groups excluding carboxylic acids is 1. The topological polar surface area (TPSA) is 66.5 Å². The Morgan fingerprint density at radius 3 is 2.12 bits per heavy atom. The van der Waals surface area contributed by atoms with Gasteiger partial charge >= 0.3 is 6.18 Å². The third kappa shape index (κ3) is 4.83. The van der Waals surface area contributed by atoms with Crippen molar-refractivity contribution in [2.24, 2.45) is 11.8 Å². The molecule has 1 saturated carbocycles. The van der Waals surface area contributed by atoms with Gasteiger partial charge < -0.3 is 5.32 Å². The lowest BCUT2D eigenvalue weighted by Gasteiger charge is -2.32.